The number of azide groups is 1. The van der Waals surface area contributed by atoms with Gasteiger partial charge in [0.1, 0.15) is 48.8 Å². The van der Waals surface area contributed by atoms with E-state index in [0.717, 1.165) is 33.4 Å². The third-order valence-electron chi connectivity index (χ3n) is 12.0. The first-order valence-electron chi connectivity index (χ1n) is 22.9. The molecule has 2 radical (unpaired) electrons. The summed E-state index contributed by atoms with van der Waals surface area (Å²) < 4.78 is 60.8. The smallest absolute Gasteiger partial charge is 0.369 e. The minimum absolute atomic E-state index is 0.0344. The highest BCUT2D eigenvalue weighted by molar-refractivity contribution is 5.98. The van der Waals surface area contributed by atoms with Crippen molar-refractivity contribution < 1.29 is 46.8 Å². The third-order valence-corrected chi connectivity index (χ3v) is 12.4. The number of rotatable bonds is 23. The Morgan fingerprint density at radius 1 is 0.456 bits per heavy atom. The minimum Gasteiger partial charge on any atom is -0.510 e. The molecular formula is C54H56AlN3O10. The van der Waals surface area contributed by atoms with Crippen molar-refractivity contribution in [1.82, 2.24) is 0 Å². The first-order valence-corrected chi connectivity index (χ1v) is 23.3. The highest BCUT2D eigenvalue weighted by atomic mass is 27.1. The van der Waals surface area contributed by atoms with Gasteiger partial charge in [0.2, 0.25) is 0 Å². The van der Waals surface area contributed by atoms with E-state index in [1.807, 2.05) is 182 Å². The van der Waals surface area contributed by atoms with Crippen molar-refractivity contribution in [2.75, 3.05) is 6.61 Å². The first kappa shape index (κ1) is 49.2. The summed E-state index contributed by atoms with van der Waals surface area (Å²) in [6, 6.07) is 57.5. The summed E-state index contributed by atoms with van der Waals surface area (Å²) in [6.45, 7) is 1.15. The highest BCUT2D eigenvalue weighted by Crippen LogP contribution is 2.38. The fraction of sp³-hybridized carbons (Fsp3) is 0.333. The third kappa shape index (κ3) is 13.5. The van der Waals surface area contributed by atoms with Crippen LogP contribution in [-0.2, 0) is 81.3 Å². The Morgan fingerprint density at radius 2 is 0.779 bits per heavy atom. The van der Waals surface area contributed by atoms with Crippen molar-refractivity contribution in [2.24, 2.45) is 5.11 Å². The zero-order valence-electron chi connectivity index (χ0n) is 37.7. The van der Waals surface area contributed by atoms with Gasteiger partial charge in [0.05, 0.1) is 58.5 Å². The molecule has 1 aliphatic heterocycles. The number of nitrogens with zero attached hydrogens (tertiary/aromatic N) is 3. The van der Waals surface area contributed by atoms with Gasteiger partial charge in [-0.1, -0.05) is 187 Å². The normalized spacial score (nSPS) is 25.9. The Bertz CT molecular complexity index is 2390. The molecule has 68 heavy (non-hydrogen) atoms. The van der Waals surface area contributed by atoms with Crippen LogP contribution in [0.2, 0.25) is 0 Å². The summed E-state index contributed by atoms with van der Waals surface area (Å²) in [5.74, 6) is 0. The molecule has 0 amide bonds. The highest BCUT2D eigenvalue weighted by Gasteiger charge is 2.57. The van der Waals surface area contributed by atoms with Crippen molar-refractivity contribution >= 4 is 16.6 Å². The molecule has 1 N–H and O–H groups in total. The van der Waals surface area contributed by atoms with E-state index in [1.54, 1.807) is 0 Å². The lowest BCUT2D eigenvalue weighted by molar-refractivity contribution is -0.332. The van der Waals surface area contributed by atoms with E-state index in [-0.39, 0.29) is 46.2 Å². The van der Waals surface area contributed by atoms with Gasteiger partial charge in [-0.2, -0.15) is 0 Å². The zero-order valence-corrected chi connectivity index (χ0v) is 38.8. The average Bonchev–Trinajstić information content (AvgIpc) is 3.39. The van der Waals surface area contributed by atoms with Gasteiger partial charge in [-0.15, -0.1) is 0 Å². The Balaban J connectivity index is 1.19. The van der Waals surface area contributed by atoms with E-state index in [0.29, 0.717) is 0 Å². The minimum atomic E-state index is -1.32. The monoisotopic (exact) mass is 933 g/mol. The van der Waals surface area contributed by atoms with Crippen LogP contribution in [0.5, 0.6) is 0 Å². The molecule has 14 heteroatoms. The molecule has 2 fully saturated rings. The summed E-state index contributed by atoms with van der Waals surface area (Å²) >= 11 is 2.39. The van der Waals surface area contributed by atoms with Gasteiger partial charge >= 0.3 is 16.6 Å². The number of aliphatic hydroxyl groups is 1. The molecule has 0 spiro atoms. The molecule has 0 bridgehead atoms. The fourth-order valence-electron chi connectivity index (χ4n) is 8.57. The molecular weight excluding hydrogens is 878 g/mol. The SMILES string of the molecule is [N-]=[N+]=NC1C(OC2C([O][Al])C(OCc3ccccc3)C(OCc3ccccc3)C(OCc3ccccc3)C2OCc2ccccc2)OC(COCc2ccccc2)C(O)C1OCc1ccccc1. The van der Waals surface area contributed by atoms with E-state index >= 15 is 0 Å². The molecule has 8 rings (SSSR count). The predicted molar refractivity (Wildman–Crippen MR) is 254 cm³/mol. The van der Waals surface area contributed by atoms with Gasteiger partial charge in [-0.25, -0.2) is 0 Å². The summed E-state index contributed by atoms with van der Waals surface area (Å²) in [5, 5.41) is 16.2. The largest absolute Gasteiger partial charge is 0.510 e. The van der Waals surface area contributed by atoms with E-state index < -0.39 is 67.3 Å². The van der Waals surface area contributed by atoms with Crippen LogP contribution >= 0.6 is 0 Å². The van der Waals surface area contributed by atoms with Gasteiger partial charge in [-0.05, 0) is 38.9 Å². The molecule has 11 atom stereocenters. The van der Waals surface area contributed by atoms with Crippen molar-refractivity contribution in [2.45, 2.75) is 107 Å². The summed E-state index contributed by atoms with van der Waals surface area (Å²) in [6.07, 6.45) is -9.99. The zero-order chi connectivity index (χ0) is 46.8. The summed E-state index contributed by atoms with van der Waals surface area (Å²) in [4.78, 5) is 3.23. The molecule has 13 nitrogen and oxygen atoms in total. The molecule has 0 aromatic heterocycles. The maximum absolute atomic E-state index is 12.0. The lowest BCUT2D eigenvalue weighted by Crippen LogP contribution is -2.69. The Kier molecular flexibility index (Phi) is 18.8. The van der Waals surface area contributed by atoms with Crippen molar-refractivity contribution in [3.63, 3.8) is 0 Å². The maximum Gasteiger partial charge on any atom is 0.369 e. The Labute approximate surface area is 406 Å². The Hall–Kier alpha value is -5.24. The Morgan fingerprint density at radius 3 is 1.13 bits per heavy atom. The molecule has 1 saturated carbocycles. The molecule has 350 valence electrons. The first-order chi connectivity index (χ1) is 33.6. The van der Waals surface area contributed by atoms with E-state index in [4.69, 9.17) is 41.7 Å². The average molecular weight is 934 g/mol. The van der Waals surface area contributed by atoms with Crippen LogP contribution in [0.1, 0.15) is 33.4 Å². The van der Waals surface area contributed by atoms with Gasteiger partial charge in [0, 0.05) is 4.91 Å². The second-order valence-electron chi connectivity index (χ2n) is 16.7. The van der Waals surface area contributed by atoms with Gasteiger partial charge in [-0.3, -0.25) is 0 Å². The van der Waals surface area contributed by atoms with E-state index in [9.17, 15) is 10.6 Å². The van der Waals surface area contributed by atoms with Crippen LogP contribution in [0.3, 0.4) is 0 Å². The van der Waals surface area contributed by atoms with E-state index in [1.165, 1.54) is 0 Å². The van der Waals surface area contributed by atoms with Gasteiger partial charge in [0.15, 0.2) is 6.29 Å². The maximum atomic E-state index is 12.0. The lowest BCUT2D eigenvalue weighted by atomic mass is 9.83. The molecule has 1 aliphatic carbocycles. The molecule has 1 heterocycles. The van der Waals surface area contributed by atoms with Crippen molar-refractivity contribution in [3.05, 3.63) is 226 Å². The second-order valence-corrected chi connectivity index (χ2v) is 17.0. The van der Waals surface area contributed by atoms with Gasteiger partial charge in [0.25, 0.3) is 0 Å². The number of aliphatic hydroxyl groups excluding tert-OH is 1. The van der Waals surface area contributed by atoms with Crippen LogP contribution in [0.4, 0.5) is 0 Å². The molecule has 11 unspecified atom stereocenters. The number of benzene rings is 6. The van der Waals surface area contributed by atoms with Crippen LogP contribution in [0.25, 0.3) is 10.4 Å². The summed E-state index contributed by atoms with van der Waals surface area (Å²) in [5.41, 5.74) is 15.7. The number of hydrogen-bond acceptors (Lipinski definition) is 11. The quantitative estimate of drug-likeness (QED) is 0.0286. The van der Waals surface area contributed by atoms with Crippen LogP contribution in [-0.4, -0.2) is 95.6 Å². The van der Waals surface area contributed by atoms with Crippen LogP contribution in [0.15, 0.2) is 187 Å². The van der Waals surface area contributed by atoms with Gasteiger partial charge < -0.3 is 46.8 Å². The topological polar surface area (TPSA) is 152 Å². The number of hydrogen-bond donors (Lipinski definition) is 1. The molecule has 2 aliphatic rings. The molecule has 6 aromatic rings. The van der Waals surface area contributed by atoms with E-state index in [2.05, 4.69) is 26.6 Å². The van der Waals surface area contributed by atoms with Crippen LogP contribution < -0.4 is 0 Å². The molecule has 1 saturated heterocycles. The van der Waals surface area contributed by atoms with Crippen molar-refractivity contribution in [3.8, 4) is 0 Å². The standard InChI is InChI=1S/C54H56N3O10.Al/c55-57-56-45-48(61-32-39-21-9-2-10-22-39)46(58)44(37-60-31-38-19-7-1-8-20-38)66-54(45)67-50-47(59)49(62-33-40-23-11-3-12-24-40)51(63-34-41-25-13-4-14-26-41)53(65-36-43-29-17-6-18-30-43)52(50)64-35-42-27-15-5-16-28-42;/h1-30,44-54,58H,31-37H2;/q-1;+1. The molecule has 6 aromatic carbocycles. The summed E-state index contributed by atoms with van der Waals surface area (Å²) in [7, 11) is 0. The second kappa shape index (κ2) is 25.9. The van der Waals surface area contributed by atoms with Crippen LogP contribution in [0, 0.1) is 0 Å². The predicted octanol–water partition coefficient (Wildman–Crippen LogP) is 8.76. The lowest BCUT2D eigenvalue weighted by Gasteiger charge is -2.52. The number of ether oxygens (including phenoxy) is 8. The van der Waals surface area contributed by atoms with Crippen molar-refractivity contribution in [1.29, 1.82) is 0 Å². The fourth-order valence-corrected chi connectivity index (χ4v) is 8.88.